The van der Waals surface area contributed by atoms with Crippen molar-refractivity contribution in [3.63, 3.8) is 0 Å². The highest BCUT2D eigenvalue weighted by Gasteiger charge is 2.33. The molecule has 1 unspecified atom stereocenters. The van der Waals surface area contributed by atoms with Gasteiger partial charge in [0.1, 0.15) is 12.3 Å². The van der Waals surface area contributed by atoms with Gasteiger partial charge in [0.05, 0.1) is 4.99 Å². The Labute approximate surface area is 101 Å². The van der Waals surface area contributed by atoms with Crippen molar-refractivity contribution in [2.75, 3.05) is 6.54 Å². The third-order valence-electron chi connectivity index (χ3n) is 2.59. The van der Waals surface area contributed by atoms with E-state index in [1.807, 2.05) is 6.92 Å². The van der Waals surface area contributed by atoms with Gasteiger partial charge < -0.3 is 14.8 Å². The molecule has 16 heavy (non-hydrogen) atoms. The topological polar surface area (TPSA) is 57.6 Å². The zero-order valence-corrected chi connectivity index (χ0v) is 10.4. The van der Waals surface area contributed by atoms with Crippen LogP contribution in [-0.2, 0) is 9.59 Å². The highest BCUT2D eigenvalue weighted by Crippen LogP contribution is 2.29. The van der Waals surface area contributed by atoms with Gasteiger partial charge in [0.2, 0.25) is 0 Å². The van der Waals surface area contributed by atoms with Crippen LogP contribution in [0.2, 0.25) is 0 Å². The van der Waals surface area contributed by atoms with Gasteiger partial charge in [0.15, 0.2) is 0 Å². The summed E-state index contributed by atoms with van der Waals surface area (Å²) in [6.07, 6.45) is 2.39. The fraction of sp³-hybridized carbons (Fsp3) is 0.727. The largest absolute Gasteiger partial charge is 0.480 e. The zero-order chi connectivity index (χ0) is 12.3. The van der Waals surface area contributed by atoms with Gasteiger partial charge in [-0.2, -0.15) is 0 Å². The van der Waals surface area contributed by atoms with Gasteiger partial charge in [-0.15, -0.1) is 0 Å². The first kappa shape index (κ1) is 13.1. The third kappa shape index (κ3) is 3.89. The molecular formula is C11H17NO3S. The molecule has 0 heterocycles. The lowest BCUT2D eigenvalue weighted by Gasteiger charge is -2.26. The summed E-state index contributed by atoms with van der Waals surface area (Å²) in [5.74, 6) is -0.836. The summed E-state index contributed by atoms with van der Waals surface area (Å²) >= 11 is 5.26. The minimum absolute atomic E-state index is 0.0487. The second-order valence-corrected chi connectivity index (χ2v) is 4.82. The molecule has 0 saturated heterocycles. The lowest BCUT2D eigenvalue weighted by atomic mass is 10.0. The summed E-state index contributed by atoms with van der Waals surface area (Å²) < 4.78 is 0. The van der Waals surface area contributed by atoms with Crippen LogP contribution in [0.5, 0.6) is 0 Å². The maximum atomic E-state index is 11.0. The van der Waals surface area contributed by atoms with E-state index < -0.39 is 5.97 Å². The Morgan fingerprint density at radius 2 is 2.06 bits per heavy atom. The molecule has 0 amide bonds. The predicted octanol–water partition coefficient (Wildman–Crippen LogP) is 1.48. The van der Waals surface area contributed by atoms with Crippen molar-refractivity contribution < 1.29 is 14.7 Å². The molecule has 0 radical (unpaired) electrons. The molecule has 0 spiro atoms. The van der Waals surface area contributed by atoms with E-state index in [-0.39, 0.29) is 24.3 Å². The van der Waals surface area contributed by atoms with Crippen LogP contribution in [0.25, 0.3) is 0 Å². The Morgan fingerprint density at radius 3 is 2.44 bits per heavy atom. The highest BCUT2D eigenvalue weighted by atomic mass is 32.1. The first-order valence-electron chi connectivity index (χ1n) is 5.43. The van der Waals surface area contributed by atoms with Crippen LogP contribution in [0.4, 0.5) is 0 Å². The number of carbonyl (C=O) groups excluding carboxylic acids is 1. The minimum atomic E-state index is -0.871. The molecule has 90 valence electrons. The van der Waals surface area contributed by atoms with Crippen LogP contribution < -0.4 is 0 Å². The molecule has 1 rings (SSSR count). The van der Waals surface area contributed by atoms with Crippen LogP contribution in [0.1, 0.15) is 33.1 Å². The van der Waals surface area contributed by atoms with Crippen molar-refractivity contribution in [1.29, 1.82) is 0 Å². The Morgan fingerprint density at radius 1 is 1.50 bits per heavy atom. The van der Waals surface area contributed by atoms with E-state index in [1.54, 1.807) is 4.90 Å². The molecule has 0 aromatic rings. The van der Waals surface area contributed by atoms with Gasteiger partial charge in [-0.3, -0.25) is 4.79 Å². The number of carboxylic acids is 1. The van der Waals surface area contributed by atoms with E-state index in [2.05, 4.69) is 0 Å². The molecule has 0 aromatic heterocycles. The van der Waals surface area contributed by atoms with Crippen LogP contribution in [0.15, 0.2) is 0 Å². The SMILES string of the molecule is CC(=O)CC(C)C(=S)N(CC(=O)O)C1CC1. The fourth-order valence-electron chi connectivity index (χ4n) is 1.72. The number of carboxylic acid groups (broad SMARTS) is 1. The summed E-state index contributed by atoms with van der Waals surface area (Å²) in [7, 11) is 0. The molecule has 1 saturated carbocycles. The summed E-state index contributed by atoms with van der Waals surface area (Å²) in [6, 6.07) is 0.276. The van der Waals surface area contributed by atoms with E-state index in [0.29, 0.717) is 11.4 Å². The number of rotatable bonds is 6. The Hall–Kier alpha value is -0.970. The first-order valence-corrected chi connectivity index (χ1v) is 5.84. The molecule has 1 fully saturated rings. The van der Waals surface area contributed by atoms with Crippen molar-refractivity contribution >= 4 is 29.0 Å². The molecule has 1 N–H and O–H groups in total. The molecule has 1 atom stereocenters. The fourth-order valence-corrected chi connectivity index (χ4v) is 2.02. The molecule has 1 aliphatic carbocycles. The number of aliphatic carboxylic acids is 1. The van der Waals surface area contributed by atoms with Crippen molar-refractivity contribution in [3.8, 4) is 0 Å². The quantitative estimate of drug-likeness (QED) is 0.716. The molecule has 5 heteroatoms. The van der Waals surface area contributed by atoms with Crippen LogP contribution >= 0.6 is 12.2 Å². The average Bonchev–Trinajstić information content (AvgIpc) is 2.94. The predicted molar refractivity (Wildman–Crippen MR) is 64.4 cm³/mol. The molecule has 4 nitrogen and oxygen atoms in total. The zero-order valence-electron chi connectivity index (χ0n) is 9.60. The van der Waals surface area contributed by atoms with Gasteiger partial charge in [0.25, 0.3) is 0 Å². The van der Waals surface area contributed by atoms with Gasteiger partial charge >= 0.3 is 5.97 Å². The number of Topliss-reactive ketones (excluding diaryl/α,β-unsaturated/α-hetero) is 1. The van der Waals surface area contributed by atoms with Gasteiger partial charge in [-0.1, -0.05) is 19.1 Å². The standard InChI is InChI=1S/C11H17NO3S/c1-7(5-8(2)13)11(16)12(6-10(14)15)9-3-4-9/h7,9H,3-6H2,1-2H3,(H,14,15). The van der Waals surface area contributed by atoms with Crippen LogP contribution in [0, 0.1) is 5.92 Å². The van der Waals surface area contributed by atoms with Crippen LogP contribution in [-0.4, -0.2) is 39.3 Å². The van der Waals surface area contributed by atoms with Crippen molar-refractivity contribution in [2.24, 2.45) is 5.92 Å². The second-order valence-electron chi connectivity index (χ2n) is 4.40. The number of nitrogens with zero attached hydrogens (tertiary/aromatic N) is 1. The first-order chi connectivity index (χ1) is 7.41. The summed E-state index contributed by atoms with van der Waals surface area (Å²) in [6.45, 7) is 3.35. The Balaban J connectivity index is 2.59. The molecule has 1 aliphatic rings. The van der Waals surface area contributed by atoms with Crippen molar-refractivity contribution in [3.05, 3.63) is 0 Å². The summed E-state index contributed by atoms with van der Waals surface area (Å²) in [5.41, 5.74) is 0. The normalized spacial score (nSPS) is 16.6. The minimum Gasteiger partial charge on any atom is -0.480 e. The Bertz CT molecular complexity index is 312. The second kappa shape index (κ2) is 5.39. The lowest BCUT2D eigenvalue weighted by Crippen LogP contribution is -2.39. The maximum absolute atomic E-state index is 11.0. The molecule has 0 aromatic carbocycles. The monoisotopic (exact) mass is 243 g/mol. The van der Waals surface area contributed by atoms with E-state index in [4.69, 9.17) is 17.3 Å². The molecular weight excluding hydrogens is 226 g/mol. The van der Waals surface area contributed by atoms with Gasteiger partial charge in [-0.25, -0.2) is 0 Å². The Kier molecular flexibility index (Phi) is 4.41. The van der Waals surface area contributed by atoms with Gasteiger partial charge in [0, 0.05) is 18.4 Å². The molecule has 0 aliphatic heterocycles. The van der Waals surface area contributed by atoms with E-state index in [9.17, 15) is 9.59 Å². The third-order valence-corrected chi connectivity index (χ3v) is 3.23. The smallest absolute Gasteiger partial charge is 0.323 e. The van der Waals surface area contributed by atoms with Crippen LogP contribution in [0.3, 0.4) is 0 Å². The number of hydrogen-bond acceptors (Lipinski definition) is 3. The lowest BCUT2D eigenvalue weighted by molar-refractivity contribution is -0.137. The number of carbonyl (C=O) groups is 2. The number of thiocarbonyl (C=S) groups is 1. The van der Waals surface area contributed by atoms with Gasteiger partial charge in [-0.05, 0) is 19.8 Å². The van der Waals surface area contributed by atoms with Crippen molar-refractivity contribution in [2.45, 2.75) is 39.2 Å². The summed E-state index contributed by atoms with van der Waals surface area (Å²) in [5, 5.41) is 8.80. The van der Waals surface area contributed by atoms with Crippen molar-refractivity contribution in [1.82, 2.24) is 4.90 Å². The molecule has 0 bridgehead atoms. The van der Waals surface area contributed by atoms with E-state index in [1.165, 1.54) is 6.92 Å². The maximum Gasteiger partial charge on any atom is 0.323 e. The average molecular weight is 243 g/mol. The summed E-state index contributed by atoms with van der Waals surface area (Å²) in [4.78, 5) is 24.1. The number of hydrogen-bond donors (Lipinski definition) is 1. The van der Waals surface area contributed by atoms with E-state index >= 15 is 0 Å². The highest BCUT2D eigenvalue weighted by molar-refractivity contribution is 7.80. The van der Waals surface area contributed by atoms with E-state index in [0.717, 1.165) is 12.8 Å². The number of ketones is 1.